The van der Waals surface area contributed by atoms with Gasteiger partial charge in [0, 0.05) is 43.8 Å². The minimum atomic E-state index is 0.998. The highest BCUT2D eigenvalue weighted by Crippen LogP contribution is 2.08. The second-order valence-corrected chi connectivity index (χ2v) is 5.64. The quantitative estimate of drug-likeness (QED) is 0.801. The molecule has 2 aromatic rings. The molecule has 4 nitrogen and oxygen atoms in total. The molecule has 0 saturated heterocycles. The summed E-state index contributed by atoms with van der Waals surface area (Å²) < 4.78 is 2.18. The minimum Gasteiger partial charge on any atom is -0.334 e. The van der Waals surface area contributed by atoms with E-state index >= 15 is 0 Å². The fourth-order valence-electron chi connectivity index (χ4n) is 1.86. The van der Waals surface area contributed by atoms with Crippen molar-refractivity contribution in [3.05, 3.63) is 34.3 Å². The molecule has 98 valence electrons. The number of hydrogen-bond donors (Lipinski definition) is 0. The summed E-state index contributed by atoms with van der Waals surface area (Å²) in [6.07, 6.45) is 4.92. The second-order valence-electron chi connectivity index (χ2n) is 4.58. The summed E-state index contributed by atoms with van der Waals surface area (Å²) in [5, 5.41) is 3.31. The van der Waals surface area contributed by atoms with Gasteiger partial charge in [0.1, 0.15) is 5.82 Å². The van der Waals surface area contributed by atoms with Crippen LogP contribution in [0.3, 0.4) is 0 Å². The largest absolute Gasteiger partial charge is 0.334 e. The molecule has 0 unspecified atom stereocenters. The number of nitrogens with zero attached hydrogens (tertiary/aromatic N) is 4. The zero-order valence-electron chi connectivity index (χ0n) is 11.3. The van der Waals surface area contributed by atoms with Gasteiger partial charge < -0.3 is 9.47 Å². The van der Waals surface area contributed by atoms with E-state index in [-0.39, 0.29) is 0 Å². The topological polar surface area (TPSA) is 34.0 Å². The van der Waals surface area contributed by atoms with Crippen molar-refractivity contribution in [2.75, 3.05) is 20.1 Å². The van der Waals surface area contributed by atoms with Crippen LogP contribution >= 0.6 is 11.3 Å². The summed E-state index contributed by atoms with van der Waals surface area (Å²) in [7, 11) is 2.16. The molecule has 0 N–H and O–H groups in total. The lowest BCUT2D eigenvalue weighted by Gasteiger charge is -2.16. The molecule has 0 fully saturated rings. The lowest BCUT2D eigenvalue weighted by atomic mass is 10.3. The molecule has 0 aromatic carbocycles. The van der Waals surface area contributed by atoms with Gasteiger partial charge >= 0.3 is 0 Å². The lowest BCUT2D eigenvalue weighted by molar-refractivity contribution is 0.320. The number of aryl methyl sites for hydroxylation is 2. The molecule has 0 aliphatic carbocycles. The van der Waals surface area contributed by atoms with E-state index < -0.39 is 0 Å². The first kappa shape index (κ1) is 13.2. The van der Waals surface area contributed by atoms with Crippen molar-refractivity contribution in [2.24, 2.45) is 0 Å². The van der Waals surface area contributed by atoms with E-state index in [1.54, 1.807) is 11.3 Å². The average Bonchev–Trinajstić information content (AvgIpc) is 2.93. The Morgan fingerprint density at radius 1 is 1.33 bits per heavy atom. The highest BCUT2D eigenvalue weighted by Gasteiger charge is 2.03. The van der Waals surface area contributed by atoms with E-state index in [1.165, 1.54) is 5.69 Å². The summed E-state index contributed by atoms with van der Waals surface area (Å²) in [5.41, 5.74) is 1.21. The molecular weight excluding hydrogens is 244 g/mol. The van der Waals surface area contributed by atoms with Gasteiger partial charge in [0.15, 0.2) is 0 Å². The van der Waals surface area contributed by atoms with Crippen molar-refractivity contribution in [3.8, 4) is 0 Å². The van der Waals surface area contributed by atoms with E-state index in [9.17, 15) is 0 Å². The predicted octanol–water partition coefficient (Wildman–Crippen LogP) is 2.13. The highest BCUT2D eigenvalue weighted by molar-refractivity contribution is 7.09. The molecule has 0 amide bonds. The lowest BCUT2D eigenvalue weighted by Crippen LogP contribution is -2.25. The van der Waals surface area contributed by atoms with Crippen molar-refractivity contribution in [1.82, 2.24) is 19.4 Å². The second kappa shape index (κ2) is 6.11. The van der Waals surface area contributed by atoms with Crippen LogP contribution in [0, 0.1) is 13.8 Å². The van der Waals surface area contributed by atoms with E-state index in [0.29, 0.717) is 0 Å². The molecular formula is C13H20N4S. The molecule has 18 heavy (non-hydrogen) atoms. The van der Waals surface area contributed by atoms with E-state index in [2.05, 4.69) is 38.8 Å². The minimum absolute atomic E-state index is 0.998. The molecule has 2 heterocycles. The molecule has 0 radical (unpaired) electrons. The van der Waals surface area contributed by atoms with Crippen LogP contribution in [0.4, 0.5) is 0 Å². The maximum Gasteiger partial charge on any atom is 0.105 e. The van der Waals surface area contributed by atoms with Gasteiger partial charge in [-0.2, -0.15) is 0 Å². The summed E-state index contributed by atoms with van der Waals surface area (Å²) in [6, 6.07) is 0. The fourth-order valence-corrected chi connectivity index (χ4v) is 2.51. The van der Waals surface area contributed by atoms with Crippen molar-refractivity contribution < 1.29 is 0 Å². The zero-order chi connectivity index (χ0) is 13.0. The average molecular weight is 264 g/mol. The third kappa shape index (κ3) is 3.65. The Balaban J connectivity index is 1.72. The van der Waals surface area contributed by atoms with Crippen LogP contribution in [0.1, 0.15) is 16.5 Å². The van der Waals surface area contributed by atoms with Gasteiger partial charge in [0.25, 0.3) is 0 Å². The highest BCUT2D eigenvalue weighted by atomic mass is 32.1. The molecule has 2 rings (SSSR count). The van der Waals surface area contributed by atoms with Crippen LogP contribution in [-0.4, -0.2) is 39.6 Å². The SMILES string of the molecule is Cc1nc(CCN(C)CCn2ccnc2C)cs1. The fraction of sp³-hybridized carbons (Fsp3) is 0.538. The van der Waals surface area contributed by atoms with Crippen molar-refractivity contribution in [1.29, 1.82) is 0 Å². The molecule has 0 aliphatic rings. The maximum absolute atomic E-state index is 4.48. The van der Waals surface area contributed by atoms with Gasteiger partial charge in [0.05, 0.1) is 10.7 Å². The Hall–Kier alpha value is -1.20. The summed E-state index contributed by atoms with van der Waals surface area (Å²) in [5.74, 6) is 1.08. The molecule has 0 aliphatic heterocycles. The van der Waals surface area contributed by atoms with Gasteiger partial charge in [-0.25, -0.2) is 9.97 Å². The number of rotatable bonds is 6. The summed E-state index contributed by atoms with van der Waals surface area (Å²) in [4.78, 5) is 11.1. The Bertz CT molecular complexity index is 489. The first-order valence-electron chi connectivity index (χ1n) is 6.22. The third-order valence-corrected chi connectivity index (χ3v) is 3.88. The number of aromatic nitrogens is 3. The number of imidazole rings is 1. The molecule has 0 spiro atoms. The predicted molar refractivity (Wildman–Crippen MR) is 75.0 cm³/mol. The molecule has 0 saturated carbocycles. The normalized spacial score (nSPS) is 11.3. The van der Waals surface area contributed by atoms with Crippen LogP contribution in [0.15, 0.2) is 17.8 Å². The number of thiazole rings is 1. The standard InChI is InChI=1S/C13H20N4S/c1-11-14-5-7-17(11)9-8-16(3)6-4-13-10-18-12(2)15-13/h5,7,10H,4,6,8-9H2,1-3H3. The molecule has 0 atom stereocenters. The Kier molecular flexibility index (Phi) is 4.49. The van der Waals surface area contributed by atoms with Crippen LogP contribution in [0.2, 0.25) is 0 Å². The van der Waals surface area contributed by atoms with Crippen LogP contribution in [0.5, 0.6) is 0 Å². The van der Waals surface area contributed by atoms with Crippen molar-refractivity contribution in [3.63, 3.8) is 0 Å². The van der Waals surface area contributed by atoms with E-state index in [0.717, 1.165) is 36.9 Å². The van der Waals surface area contributed by atoms with Gasteiger partial charge in [0.2, 0.25) is 0 Å². The first-order valence-corrected chi connectivity index (χ1v) is 7.10. The smallest absolute Gasteiger partial charge is 0.105 e. The maximum atomic E-state index is 4.48. The molecule has 5 heteroatoms. The summed E-state index contributed by atoms with van der Waals surface area (Å²) >= 11 is 1.73. The first-order chi connectivity index (χ1) is 8.65. The number of hydrogen-bond acceptors (Lipinski definition) is 4. The van der Waals surface area contributed by atoms with Crippen LogP contribution < -0.4 is 0 Å². The van der Waals surface area contributed by atoms with Crippen molar-refractivity contribution >= 4 is 11.3 Å². The van der Waals surface area contributed by atoms with Crippen LogP contribution in [-0.2, 0) is 13.0 Å². The Morgan fingerprint density at radius 2 is 2.17 bits per heavy atom. The van der Waals surface area contributed by atoms with Gasteiger partial charge in [-0.15, -0.1) is 11.3 Å². The van der Waals surface area contributed by atoms with E-state index in [4.69, 9.17) is 0 Å². The van der Waals surface area contributed by atoms with Gasteiger partial charge in [-0.05, 0) is 20.9 Å². The van der Waals surface area contributed by atoms with Gasteiger partial charge in [-0.3, -0.25) is 0 Å². The van der Waals surface area contributed by atoms with Crippen molar-refractivity contribution in [2.45, 2.75) is 26.8 Å². The monoisotopic (exact) mass is 264 g/mol. The number of likely N-dealkylation sites (N-methyl/N-ethyl adjacent to an activating group) is 1. The molecule has 0 bridgehead atoms. The van der Waals surface area contributed by atoms with Crippen LogP contribution in [0.25, 0.3) is 0 Å². The molecule has 2 aromatic heterocycles. The Labute approximate surface area is 112 Å². The van der Waals surface area contributed by atoms with Gasteiger partial charge in [-0.1, -0.05) is 0 Å². The summed E-state index contributed by atoms with van der Waals surface area (Å²) in [6.45, 7) is 7.19. The zero-order valence-corrected chi connectivity index (χ0v) is 12.1. The van der Waals surface area contributed by atoms with E-state index in [1.807, 2.05) is 19.3 Å². The third-order valence-electron chi connectivity index (χ3n) is 3.06. The Morgan fingerprint density at radius 3 is 2.78 bits per heavy atom.